The molecular weight excluding hydrogens is 362 g/mol. The number of amides is 1. The second-order valence-corrected chi connectivity index (χ2v) is 6.44. The SMILES string of the molecule is O=C(O)c1ccc(CCNC(=O)c2c(Cl)cccc2-c2ccccc2)cc1. The Hall–Kier alpha value is -3.11. The van der Waals surface area contributed by atoms with Crippen LogP contribution in [-0.2, 0) is 6.42 Å². The predicted molar refractivity (Wildman–Crippen MR) is 106 cm³/mol. The lowest BCUT2D eigenvalue weighted by Crippen LogP contribution is -2.26. The second kappa shape index (κ2) is 8.52. The lowest BCUT2D eigenvalue weighted by Gasteiger charge is -2.12. The van der Waals surface area contributed by atoms with E-state index in [4.69, 9.17) is 16.7 Å². The lowest BCUT2D eigenvalue weighted by atomic mass is 9.99. The maximum Gasteiger partial charge on any atom is 0.335 e. The molecule has 4 nitrogen and oxygen atoms in total. The van der Waals surface area contributed by atoms with Gasteiger partial charge in [-0.25, -0.2) is 4.79 Å². The van der Waals surface area contributed by atoms with Gasteiger partial charge in [-0.2, -0.15) is 0 Å². The number of rotatable bonds is 6. The Morgan fingerprint density at radius 1 is 0.889 bits per heavy atom. The van der Waals surface area contributed by atoms with E-state index >= 15 is 0 Å². The second-order valence-electron chi connectivity index (χ2n) is 6.04. The highest BCUT2D eigenvalue weighted by atomic mass is 35.5. The van der Waals surface area contributed by atoms with Gasteiger partial charge >= 0.3 is 5.97 Å². The zero-order chi connectivity index (χ0) is 19.2. The summed E-state index contributed by atoms with van der Waals surface area (Å²) in [6.07, 6.45) is 0.594. The molecule has 0 aliphatic heterocycles. The van der Waals surface area contributed by atoms with Crippen LogP contribution in [0, 0.1) is 0 Å². The first-order chi connectivity index (χ1) is 13.1. The first-order valence-electron chi connectivity index (χ1n) is 8.50. The van der Waals surface area contributed by atoms with E-state index in [1.165, 1.54) is 0 Å². The molecule has 2 N–H and O–H groups in total. The van der Waals surface area contributed by atoms with Gasteiger partial charge in [0.1, 0.15) is 0 Å². The molecule has 0 fully saturated rings. The monoisotopic (exact) mass is 379 g/mol. The summed E-state index contributed by atoms with van der Waals surface area (Å²) >= 11 is 6.30. The van der Waals surface area contributed by atoms with E-state index in [0.29, 0.717) is 23.6 Å². The normalized spacial score (nSPS) is 10.4. The Morgan fingerprint density at radius 3 is 2.26 bits per heavy atom. The van der Waals surface area contributed by atoms with Crippen molar-refractivity contribution >= 4 is 23.5 Å². The fourth-order valence-corrected chi connectivity index (χ4v) is 3.10. The topological polar surface area (TPSA) is 66.4 Å². The average molecular weight is 380 g/mol. The molecule has 3 rings (SSSR count). The van der Waals surface area contributed by atoms with Crippen LogP contribution in [0.3, 0.4) is 0 Å². The number of halogens is 1. The highest BCUT2D eigenvalue weighted by Crippen LogP contribution is 2.29. The van der Waals surface area contributed by atoms with Crippen molar-refractivity contribution in [1.82, 2.24) is 5.32 Å². The van der Waals surface area contributed by atoms with Crippen LogP contribution in [0.1, 0.15) is 26.3 Å². The number of carboxylic acids is 1. The molecule has 3 aromatic carbocycles. The molecule has 0 aliphatic carbocycles. The molecule has 5 heteroatoms. The van der Waals surface area contributed by atoms with Crippen molar-refractivity contribution in [3.63, 3.8) is 0 Å². The van der Waals surface area contributed by atoms with E-state index in [1.807, 2.05) is 42.5 Å². The van der Waals surface area contributed by atoms with E-state index in [-0.39, 0.29) is 11.5 Å². The largest absolute Gasteiger partial charge is 0.478 e. The number of hydrogen-bond acceptors (Lipinski definition) is 2. The third kappa shape index (κ3) is 4.54. The standard InChI is InChI=1S/C22H18ClNO3/c23-19-8-4-7-18(16-5-2-1-3-6-16)20(19)21(25)24-14-13-15-9-11-17(12-10-15)22(26)27/h1-12H,13-14H2,(H,24,25)(H,26,27). The Kier molecular flexibility index (Phi) is 5.89. The summed E-state index contributed by atoms with van der Waals surface area (Å²) in [5.74, 6) is -1.19. The van der Waals surface area contributed by atoms with Crippen molar-refractivity contribution in [3.8, 4) is 11.1 Å². The van der Waals surface area contributed by atoms with Crippen LogP contribution in [0.2, 0.25) is 5.02 Å². The van der Waals surface area contributed by atoms with Gasteiger partial charge in [-0.05, 0) is 41.3 Å². The van der Waals surface area contributed by atoms with Gasteiger partial charge in [0.25, 0.3) is 5.91 Å². The van der Waals surface area contributed by atoms with Gasteiger partial charge in [-0.3, -0.25) is 4.79 Å². The van der Waals surface area contributed by atoms with Crippen LogP contribution in [0.25, 0.3) is 11.1 Å². The molecule has 0 bridgehead atoms. The number of nitrogens with one attached hydrogen (secondary N) is 1. The summed E-state index contributed by atoms with van der Waals surface area (Å²) in [5, 5.41) is 12.2. The van der Waals surface area contributed by atoms with E-state index in [2.05, 4.69) is 5.32 Å². The van der Waals surface area contributed by atoms with Gasteiger partial charge in [0, 0.05) is 6.54 Å². The smallest absolute Gasteiger partial charge is 0.335 e. The van der Waals surface area contributed by atoms with Crippen LogP contribution in [0.15, 0.2) is 72.8 Å². The zero-order valence-corrected chi connectivity index (χ0v) is 15.2. The minimum Gasteiger partial charge on any atom is -0.478 e. The first-order valence-corrected chi connectivity index (χ1v) is 8.88. The third-order valence-corrected chi connectivity index (χ3v) is 4.54. The molecule has 0 heterocycles. The molecule has 0 aromatic heterocycles. The molecule has 0 unspecified atom stereocenters. The van der Waals surface area contributed by atoms with Crippen LogP contribution in [-0.4, -0.2) is 23.5 Å². The molecule has 0 spiro atoms. The number of carbonyl (C=O) groups excluding carboxylic acids is 1. The number of aromatic carboxylic acids is 1. The third-order valence-electron chi connectivity index (χ3n) is 4.23. The molecule has 0 atom stereocenters. The van der Waals surface area contributed by atoms with Gasteiger partial charge in [0.15, 0.2) is 0 Å². The van der Waals surface area contributed by atoms with Crippen molar-refractivity contribution in [2.75, 3.05) is 6.54 Å². The van der Waals surface area contributed by atoms with Crippen molar-refractivity contribution in [2.24, 2.45) is 0 Å². The Morgan fingerprint density at radius 2 is 1.59 bits per heavy atom. The summed E-state index contributed by atoms with van der Waals surface area (Å²) in [5.41, 5.74) is 3.35. The van der Waals surface area contributed by atoms with E-state index in [1.54, 1.807) is 30.3 Å². The van der Waals surface area contributed by atoms with Crippen LogP contribution >= 0.6 is 11.6 Å². The number of carboxylic acid groups (broad SMARTS) is 1. The maximum absolute atomic E-state index is 12.7. The number of benzene rings is 3. The summed E-state index contributed by atoms with van der Waals surface area (Å²) in [4.78, 5) is 23.6. The summed E-state index contributed by atoms with van der Waals surface area (Å²) in [6.45, 7) is 0.421. The van der Waals surface area contributed by atoms with Crippen molar-refractivity contribution in [1.29, 1.82) is 0 Å². The Bertz CT molecular complexity index is 953. The van der Waals surface area contributed by atoms with Gasteiger partial charge in [-0.15, -0.1) is 0 Å². The highest BCUT2D eigenvalue weighted by molar-refractivity contribution is 6.34. The molecule has 27 heavy (non-hydrogen) atoms. The first kappa shape index (κ1) is 18.7. The van der Waals surface area contributed by atoms with Crippen molar-refractivity contribution in [3.05, 3.63) is 94.5 Å². The number of hydrogen-bond donors (Lipinski definition) is 2. The molecule has 0 saturated heterocycles. The fourth-order valence-electron chi connectivity index (χ4n) is 2.84. The van der Waals surface area contributed by atoms with Crippen LogP contribution in [0.5, 0.6) is 0 Å². The lowest BCUT2D eigenvalue weighted by molar-refractivity contribution is 0.0696. The van der Waals surface area contributed by atoms with Crippen molar-refractivity contribution in [2.45, 2.75) is 6.42 Å². The van der Waals surface area contributed by atoms with Crippen molar-refractivity contribution < 1.29 is 14.7 Å². The van der Waals surface area contributed by atoms with Gasteiger partial charge < -0.3 is 10.4 Å². The quantitative estimate of drug-likeness (QED) is 0.653. The van der Waals surface area contributed by atoms with Gasteiger partial charge in [0.05, 0.1) is 16.1 Å². The molecule has 0 saturated carbocycles. The van der Waals surface area contributed by atoms with E-state index in [9.17, 15) is 9.59 Å². The molecule has 0 aliphatic rings. The average Bonchev–Trinajstić information content (AvgIpc) is 2.68. The predicted octanol–water partition coefficient (Wildman–Crippen LogP) is 4.68. The van der Waals surface area contributed by atoms with E-state index < -0.39 is 5.97 Å². The molecule has 3 aromatic rings. The minimum atomic E-state index is -0.956. The highest BCUT2D eigenvalue weighted by Gasteiger charge is 2.16. The zero-order valence-electron chi connectivity index (χ0n) is 14.5. The summed E-state index contributed by atoms with van der Waals surface area (Å²) in [6, 6.07) is 21.6. The number of carbonyl (C=O) groups is 2. The van der Waals surface area contributed by atoms with Gasteiger partial charge in [0.2, 0.25) is 0 Å². The summed E-state index contributed by atoms with van der Waals surface area (Å²) < 4.78 is 0. The molecule has 136 valence electrons. The maximum atomic E-state index is 12.7. The van der Waals surface area contributed by atoms with Crippen LogP contribution in [0.4, 0.5) is 0 Å². The molecule has 0 radical (unpaired) electrons. The summed E-state index contributed by atoms with van der Waals surface area (Å²) in [7, 11) is 0. The molecular formula is C22H18ClNO3. The fraction of sp³-hybridized carbons (Fsp3) is 0.0909. The Labute approximate surface area is 162 Å². The van der Waals surface area contributed by atoms with E-state index in [0.717, 1.165) is 16.7 Å². The van der Waals surface area contributed by atoms with Gasteiger partial charge in [-0.1, -0.05) is 66.2 Å². The molecule has 1 amide bonds. The minimum absolute atomic E-state index is 0.235. The van der Waals surface area contributed by atoms with Crippen LogP contribution < -0.4 is 5.32 Å². The Balaban J connectivity index is 1.70.